The van der Waals surface area contributed by atoms with Gasteiger partial charge in [0, 0.05) is 24.6 Å². The molecule has 1 atom stereocenters. The standard InChI is InChI=1S/C15H20N2OS/c1-3-19-15-7-4-6-14(13(15)10-16)17-8-5-9-18-12(2)11-17/h4,6-7,12H,3,5,8-9,11H2,1-2H3. The highest BCUT2D eigenvalue weighted by molar-refractivity contribution is 7.99. The fraction of sp³-hybridized carbons (Fsp3) is 0.533. The first-order valence-electron chi connectivity index (χ1n) is 6.78. The third-order valence-corrected chi connectivity index (χ3v) is 4.15. The number of thioether (sulfide) groups is 1. The van der Waals surface area contributed by atoms with Gasteiger partial charge in [0.15, 0.2) is 0 Å². The SMILES string of the molecule is CCSc1cccc(N2CCCOC(C)C2)c1C#N. The lowest BCUT2D eigenvalue weighted by Crippen LogP contribution is -2.30. The number of anilines is 1. The van der Waals surface area contributed by atoms with E-state index in [-0.39, 0.29) is 6.10 Å². The molecule has 0 radical (unpaired) electrons. The molecular weight excluding hydrogens is 256 g/mol. The van der Waals surface area contributed by atoms with Crippen LogP contribution in [0, 0.1) is 11.3 Å². The molecule has 0 spiro atoms. The van der Waals surface area contributed by atoms with Crippen molar-refractivity contribution >= 4 is 17.4 Å². The van der Waals surface area contributed by atoms with Crippen molar-refractivity contribution in [2.24, 2.45) is 0 Å². The first-order chi connectivity index (χ1) is 9.26. The van der Waals surface area contributed by atoms with Crippen LogP contribution in [0.4, 0.5) is 5.69 Å². The summed E-state index contributed by atoms with van der Waals surface area (Å²) in [5, 5.41) is 9.47. The van der Waals surface area contributed by atoms with Gasteiger partial charge in [0.1, 0.15) is 6.07 Å². The largest absolute Gasteiger partial charge is 0.377 e. The van der Waals surface area contributed by atoms with Crippen LogP contribution in [0.25, 0.3) is 0 Å². The molecule has 1 aliphatic heterocycles. The summed E-state index contributed by atoms with van der Waals surface area (Å²) in [5.74, 6) is 0.984. The van der Waals surface area contributed by atoms with Crippen LogP contribution in [0.3, 0.4) is 0 Å². The van der Waals surface area contributed by atoms with Gasteiger partial charge >= 0.3 is 0 Å². The Labute approximate surface area is 119 Å². The fourth-order valence-corrected chi connectivity index (χ4v) is 3.16. The maximum Gasteiger partial charge on any atom is 0.103 e. The van der Waals surface area contributed by atoms with Crippen LogP contribution in [0.1, 0.15) is 25.8 Å². The monoisotopic (exact) mass is 276 g/mol. The topological polar surface area (TPSA) is 36.3 Å². The van der Waals surface area contributed by atoms with Gasteiger partial charge in [-0.3, -0.25) is 0 Å². The second kappa shape index (κ2) is 6.83. The highest BCUT2D eigenvalue weighted by atomic mass is 32.2. The lowest BCUT2D eigenvalue weighted by Gasteiger charge is -2.26. The molecule has 1 unspecified atom stereocenters. The maximum absolute atomic E-state index is 9.47. The zero-order chi connectivity index (χ0) is 13.7. The van der Waals surface area contributed by atoms with Gasteiger partial charge in [-0.1, -0.05) is 13.0 Å². The van der Waals surface area contributed by atoms with Crippen molar-refractivity contribution in [3.63, 3.8) is 0 Å². The minimum atomic E-state index is 0.219. The molecule has 1 heterocycles. The molecule has 1 aliphatic rings. The number of nitrogens with zero attached hydrogens (tertiary/aromatic N) is 2. The van der Waals surface area contributed by atoms with E-state index in [0.29, 0.717) is 0 Å². The zero-order valence-electron chi connectivity index (χ0n) is 11.6. The number of benzene rings is 1. The van der Waals surface area contributed by atoms with E-state index in [9.17, 15) is 5.26 Å². The summed E-state index contributed by atoms with van der Waals surface area (Å²) in [6, 6.07) is 8.51. The molecule has 102 valence electrons. The van der Waals surface area contributed by atoms with Gasteiger partial charge < -0.3 is 9.64 Å². The van der Waals surface area contributed by atoms with E-state index >= 15 is 0 Å². The van der Waals surface area contributed by atoms with E-state index in [4.69, 9.17) is 4.74 Å². The van der Waals surface area contributed by atoms with E-state index in [1.54, 1.807) is 11.8 Å². The predicted molar refractivity (Wildman–Crippen MR) is 79.8 cm³/mol. The molecule has 0 aliphatic carbocycles. The van der Waals surface area contributed by atoms with Gasteiger partial charge in [0.25, 0.3) is 0 Å². The third kappa shape index (κ3) is 3.43. The summed E-state index contributed by atoms with van der Waals surface area (Å²) < 4.78 is 5.68. The van der Waals surface area contributed by atoms with Crippen LogP contribution >= 0.6 is 11.8 Å². The minimum Gasteiger partial charge on any atom is -0.377 e. The number of nitriles is 1. The Morgan fingerprint density at radius 1 is 1.53 bits per heavy atom. The first-order valence-corrected chi connectivity index (χ1v) is 7.77. The van der Waals surface area contributed by atoms with E-state index in [2.05, 4.69) is 30.9 Å². The quantitative estimate of drug-likeness (QED) is 0.794. The van der Waals surface area contributed by atoms with Crippen molar-refractivity contribution < 1.29 is 4.74 Å². The number of ether oxygens (including phenoxy) is 1. The first kappa shape index (κ1) is 14.2. The summed E-state index contributed by atoms with van der Waals surface area (Å²) in [7, 11) is 0. The van der Waals surface area contributed by atoms with E-state index in [0.717, 1.165) is 48.0 Å². The Bertz CT molecular complexity index is 470. The summed E-state index contributed by atoms with van der Waals surface area (Å²) in [6.07, 6.45) is 1.23. The number of hydrogen-bond donors (Lipinski definition) is 0. The van der Waals surface area contributed by atoms with Gasteiger partial charge in [-0.25, -0.2) is 0 Å². The summed E-state index contributed by atoms with van der Waals surface area (Å²) in [5.41, 5.74) is 1.86. The molecule has 2 rings (SSSR count). The number of rotatable bonds is 3. The molecule has 0 amide bonds. The third-order valence-electron chi connectivity index (χ3n) is 3.21. The van der Waals surface area contributed by atoms with Gasteiger partial charge in [-0.2, -0.15) is 5.26 Å². The number of hydrogen-bond acceptors (Lipinski definition) is 4. The Morgan fingerprint density at radius 3 is 3.11 bits per heavy atom. The van der Waals surface area contributed by atoms with E-state index in [1.807, 2.05) is 12.1 Å². The molecule has 1 aromatic carbocycles. The van der Waals surface area contributed by atoms with Crippen LogP contribution in [0.2, 0.25) is 0 Å². The highest BCUT2D eigenvalue weighted by Gasteiger charge is 2.19. The Balaban J connectivity index is 2.32. The molecule has 19 heavy (non-hydrogen) atoms. The van der Waals surface area contributed by atoms with Crippen molar-refractivity contribution in [1.29, 1.82) is 5.26 Å². The Morgan fingerprint density at radius 2 is 2.37 bits per heavy atom. The van der Waals surface area contributed by atoms with Gasteiger partial charge in [-0.05, 0) is 31.2 Å². The molecular formula is C15H20N2OS. The van der Waals surface area contributed by atoms with Crippen molar-refractivity contribution in [1.82, 2.24) is 0 Å². The van der Waals surface area contributed by atoms with Gasteiger partial charge in [0.2, 0.25) is 0 Å². The van der Waals surface area contributed by atoms with Crippen molar-refractivity contribution in [3.05, 3.63) is 23.8 Å². The zero-order valence-corrected chi connectivity index (χ0v) is 12.4. The van der Waals surface area contributed by atoms with Crippen molar-refractivity contribution in [3.8, 4) is 6.07 Å². The Kier molecular flexibility index (Phi) is 5.12. The molecule has 0 N–H and O–H groups in total. The molecule has 1 aromatic rings. The molecule has 3 nitrogen and oxygen atoms in total. The maximum atomic E-state index is 9.47. The predicted octanol–water partition coefficient (Wildman–Crippen LogP) is 3.29. The Hall–Kier alpha value is -1.18. The van der Waals surface area contributed by atoms with Gasteiger partial charge in [0.05, 0.1) is 17.4 Å². The lowest BCUT2D eigenvalue weighted by molar-refractivity contribution is 0.0821. The van der Waals surface area contributed by atoms with Crippen LogP contribution in [0.5, 0.6) is 0 Å². The molecule has 4 heteroatoms. The normalized spacial score (nSPS) is 19.8. The summed E-state index contributed by atoms with van der Waals surface area (Å²) in [4.78, 5) is 3.37. The minimum absolute atomic E-state index is 0.219. The molecule has 0 bridgehead atoms. The second-order valence-corrected chi connectivity index (χ2v) is 5.98. The van der Waals surface area contributed by atoms with Crippen LogP contribution < -0.4 is 4.90 Å². The van der Waals surface area contributed by atoms with Crippen molar-refractivity contribution in [2.75, 3.05) is 30.3 Å². The summed E-state index contributed by atoms with van der Waals surface area (Å²) in [6.45, 7) is 6.83. The smallest absolute Gasteiger partial charge is 0.103 e. The van der Waals surface area contributed by atoms with E-state index in [1.165, 1.54) is 0 Å². The average Bonchev–Trinajstić information content (AvgIpc) is 2.63. The van der Waals surface area contributed by atoms with Crippen molar-refractivity contribution in [2.45, 2.75) is 31.3 Å². The fourth-order valence-electron chi connectivity index (χ4n) is 2.38. The van der Waals surface area contributed by atoms with Gasteiger partial charge in [-0.15, -0.1) is 11.8 Å². The van der Waals surface area contributed by atoms with E-state index < -0.39 is 0 Å². The molecule has 1 fully saturated rings. The average molecular weight is 276 g/mol. The van der Waals surface area contributed by atoms with Crippen LogP contribution in [-0.2, 0) is 4.74 Å². The van der Waals surface area contributed by atoms with Crippen LogP contribution in [0.15, 0.2) is 23.1 Å². The second-order valence-electron chi connectivity index (χ2n) is 4.68. The summed E-state index contributed by atoms with van der Waals surface area (Å²) >= 11 is 1.73. The molecule has 0 aromatic heterocycles. The lowest BCUT2D eigenvalue weighted by atomic mass is 10.1. The van der Waals surface area contributed by atoms with Crippen LogP contribution in [-0.4, -0.2) is 31.6 Å². The highest BCUT2D eigenvalue weighted by Crippen LogP contribution is 2.31. The molecule has 0 saturated carbocycles. The molecule has 1 saturated heterocycles.